The second-order valence-electron chi connectivity index (χ2n) is 5.11. The number of rotatable bonds is 6. The van der Waals surface area contributed by atoms with Gasteiger partial charge in [0.15, 0.2) is 4.67 Å². The van der Waals surface area contributed by atoms with Crippen molar-refractivity contribution >= 4 is 15.9 Å². The second kappa shape index (κ2) is 7.09. The minimum Gasteiger partial charge on any atom is -0.452 e. The molecule has 2 rings (SSSR count). The van der Waals surface area contributed by atoms with Gasteiger partial charge in [-0.05, 0) is 58.1 Å². The van der Waals surface area contributed by atoms with Crippen LogP contribution in [-0.2, 0) is 0 Å². The first-order chi connectivity index (χ1) is 9.65. The summed E-state index contributed by atoms with van der Waals surface area (Å²) in [6.45, 7) is 7.50. The van der Waals surface area contributed by atoms with Crippen molar-refractivity contribution in [3.05, 3.63) is 58.0 Å². The van der Waals surface area contributed by atoms with E-state index in [0.717, 1.165) is 17.0 Å². The number of furan rings is 1. The molecule has 2 atom stereocenters. The van der Waals surface area contributed by atoms with Crippen LogP contribution in [0.25, 0.3) is 0 Å². The maximum Gasteiger partial charge on any atom is 0.169 e. The van der Waals surface area contributed by atoms with Crippen molar-refractivity contribution in [2.45, 2.75) is 39.2 Å². The lowest BCUT2D eigenvalue weighted by atomic mass is 9.95. The van der Waals surface area contributed by atoms with Crippen LogP contribution in [0.1, 0.15) is 56.0 Å². The number of hydrogen-bond donors (Lipinski definition) is 1. The van der Waals surface area contributed by atoms with Crippen molar-refractivity contribution in [2.75, 3.05) is 6.54 Å². The molecule has 2 unspecified atom stereocenters. The third-order valence-electron chi connectivity index (χ3n) is 3.74. The van der Waals surface area contributed by atoms with E-state index in [0.29, 0.717) is 5.92 Å². The highest BCUT2D eigenvalue weighted by atomic mass is 79.9. The summed E-state index contributed by atoms with van der Waals surface area (Å²) >= 11 is 3.37. The van der Waals surface area contributed by atoms with E-state index >= 15 is 0 Å². The van der Waals surface area contributed by atoms with Crippen molar-refractivity contribution in [1.82, 2.24) is 5.32 Å². The number of halogens is 1. The topological polar surface area (TPSA) is 25.2 Å². The first-order valence-electron chi connectivity index (χ1n) is 7.24. The van der Waals surface area contributed by atoms with Gasteiger partial charge in [-0.15, -0.1) is 0 Å². The molecule has 0 aliphatic heterocycles. The molecule has 0 spiro atoms. The quantitative estimate of drug-likeness (QED) is 0.779. The van der Waals surface area contributed by atoms with Crippen molar-refractivity contribution in [1.29, 1.82) is 0 Å². The zero-order valence-electron chi connectivity index (χ0n) is 12.3. The highest BCUT2D eigenvalue weighted by Gasteiger charge is 2.17. The van der Waals surface area contributed by atoms with E-state index < -0.39 is 0 Å². The Hall–Kier alpha value is -1.06. The predicted molar refractivity (Wildman–Crippen MR) is 87.1 cm³/mol. The van der Waals surface area contributed by atoms with E-state index in [1.54, 1.807) is 0 Å². The molecule has 0 bridgehead atoms. The van der Waals surface area contributed by atoms with Crippen molar-refractivity contribution in [3.8, 4) is 0 Å². The first kappa shape index (κ1) is 15.3. The average molecular weight is 336 g/mol. The van der Waals surface area contributed by atoms with E-state index in [1.807, 2.05) is 12.1 Å². The largest absolute Gasteiger partial charge is 0.452 e. The minimum atomic E-state index is 0.109. The molecule has 0 saturated heterocycles. The van der Waals surface area contributed by atoms with Crippen LogP contribution < -0.4 is 5.32 Å². The van der Waals surface area contributed by atoms with E-state index in [4.69, 9.17) is 4.42 Å². The molecule has 0 saturated carbocycles. The number of benzene rings is 1. The molecule has 1 N–H and O–H groups in total. The van der Waals surface area contributed by atoms with Crippen LogP contribution in [0.15, 0.2) is 45.5 Å². The molecule has 0 aliphatic carbocycles. The summed E-state index contributed by atoms with van der Waals surface area (Å²) in [5.74, 6) is 1.55. The van der Waals surface area contributed by atoms with Crippen molar-refractivity contribution < 1.29 is 4.42 Å². The summed E-state index contributed by atoms with van der Waals surface area (Å²) in [5.41, 5.74) is 2.63. The maximum absolute atomic E-state index is 5.71. The molecule has 0 aliphatic rings. The standard InChI is InChI=1S/C17H22BrNO/c1-4-12(3)13-6-8-14(9-7-13)17(19-5-2)15-10-11-16(18)20-15/h6-12,17,19H,4-5H2,1-3H3. The zero-order chi connectivity index (χ0) is 14.5. The summed E-state index contributed by atoms with van der Waals surface area (Å²) in [5, 5.41) is 3.48. The zero-order valence-corrected chi connectivity index (χ0v) is 13.9. The monoisotopic (exact) mass is 335 g/mol. The van der Waals surface area contributed by atoms with Gasteiger partial charge in [0.1, 0.15) is 5.76 Å². The van der Waals surface area contributed by atoms with Gasteiger partial charge in [-0.2, -0.15) is 0 Å². The van der Waals surface area contributed by atoms with Gasteiger partial charge in [0.05, 0.1) is 6.04 Å². The lowest BCUT2D eigenvalue weighted by molar-refractivity contribution is 0.437. The van der Waals surface area contributed by atoms with Gasteiger partial charge < -0.3 is 9.73 Å². The fourth-order valence-electron chi connectivity index (χ4n) is 2.32. The first-order valence-corrected chi connectivity index (χ1v) is 8.03. The SMILES string of the molecule is CCNC(c1ccc(C(C)CC)cc1)c1ccc(Br)o1. The summed E-state index contributed by atoms with van der Waals surface area (Å²) in [7, 11) is 0. The van der Waals surface area contributed by atoms with Gasteiger partial charge in [-0.25, -0.2) is 0 Å². The molecule has 0 fully saturated rings. The molecule has 2 nitrogen and oxygen atoms in total. The minimum absolute atomic E-state index is 0.109. The normalized spacial score (nSPS) is 14.2. The summed E-state index contributed by atoms with van der Waals surface area (Å²) in [6.07, 6.45) is 1.17. The lowest BCUT2D eigenvalue weighted by Crippen LogP contribution is -2.21. The van der Waals surface area contributed by atoms with Gasteiger partial charge in [0.25, 0.3) is 0 Å². The van der Waals surface area contributed by atoms with E-state index in [2.05, 4.69) is 66.3 Å². The van der Waals surface area contributed by atoms with Crippen molar-refractivity contribution in [2.24, 2.45) is 0 Å². The van der Waals surface area contributed by atoms with Crippen LogP contribution in [0.5, 0.6) is 0 Å². The molecular weight excluding hydrogens is 314 g/mol. The van der Waals surface area contributed by atoms with Gasteiger partial charge in [-0.3, -0.25) is 0 Å². The fraction of sp³-hybridized carbons (Fsp3) is 0.412. The smallest absolute Gasteiger partial charge is 0.169 e. The molecule has 0 radical (unpaired) electrons. The van der Waals surface area contributed by atoms with E-state index in [9.17, 15) is 0 Å². The Labute approximate surface area is 129 Å². The Morgan fingerprint density at radius 3 is 2.20 bits per heavy atom. The second-order valence-corrected chi connectivity index (χ2v) is 5.89. The molecule has 108 valence electrons. The highest BCUT2D eigenvalue weighted by molar-refractivity contribution is 9.10. The van der Waals surface area contributed by atoms with Crippen LogP contribution in [0.2, 0.25) is 0 Å². The Morgan fingerprint density at radius 2 is 1.70 bits per heavy atom. The van der Waals surface area contributed by atoms with Gasteiger partial charge >= 0.3 is 0 Å². The maximum atomic E-state index is 5.71. The molecule has 0 amide bonds. The van der Waals surface area contributed by atoms with Crippen LogP contribution in [0.4, 0.5) is 0 Å². The summed E-state index contributed by atoms with van der Waals surface area (Å²) < 4.78 is 6.48. The van der Waals surface area contributed by atoms with E-state index in [-0.39, 0.29) is 6.04 Å². The average Bonchev–Trinajstić information content (AvgIpc) is 2.90. The molecule has 2 aromatic rings. The van der Waals surface area contributed by atoms with Gasteiger partial charge in [0, 0.05) is 0 Å². The van der Waals surface area contributed by atoms with Crippen LogP contribution in [0.3, 0.4) is 0 Å². The molecule has 1 aromatic carbocycles. The molecule has 20 heavy (non-hydrogen) atoms. The molecular formula is C17H22BrNO. The van der Waals surface area contributed by atoms with Gasteiger partial charge in [0.2, 0.25) is 0 Å². The van der Waals surface area contributed by atoms with Crippen LogP contribution in [-0.4, -0.2) is 6.54 Å². The molecule has 1 heterocycles. The summed E-state index contributed by atoms with van der Waals surface area (Å²) in [6, 6.07) is 12.9. The van der Waals surface area contributed by atoms with Crippen LogP contribution in [0, 0.1) is 0 Å². The van der Waals surface area contributed by atoms with Crippen molar-refractivity contribution in [3.63, 3.8) is 0 Å². The fourth-order valence-corrected chi connectivity index (χ4v) is 2.64. The Kier molecular flexibility index (Phi) is 5.44. The highest BCUT2D eigenvalue weighted by Crippen LogP contribution is 2.27. The molecule has 3 heteroatoms. The Morgan fingerprint density at radius 1 is 1.05 bits per heavy atom. The summed E-state index contributed by atoms with van der Waals surface area (Å²) in [4.78, 5) is 0. The predicted octanol–water partition coefficient (Wildman–Crippen LogP) is 5.25. The number of nitrogens with one attached hydrogen (secondary N) is 1. The third kappa shape index (κ3) is 3.53. The lowest BCUT2D eigenvalue weighted by Gasteiger charge is -2.17. The molecule has 1 aromatic heterocycles. The third-order valence-corrected chi connectivity index (χ3v) is 4.16. The Balaban J connectivity index is 2.25. The van der Waals surface area contributed by atoms with Gasteiger partial charge in [-0.1, -0.05) is 45.0 Å². The number of hydrogen-bond acceptors (Lipinski definition) is 2. The Bertz CT molecular complexity index is 532. The van der Waals surface area contributed by atoms with Crippen LogP contribution >= 0.6 is 15.9 Å². The van der Waals surface area contributed by atoms with E-state index in [1.165, 1.54) is 17.5 Å².